The van der Waals surface area contributed by atoms with Gasteiger partial charge in [0.15, 0.2) is 17.1 Å². The third kappa shape index (κ3) is 5.06. The van der Waals surface area contributed by atoms with E-state index in [9.17, 15) is 0 Å². The van der Waals surface area contributed by atoms with Gasteiger partial charge in [-0.05, 0) is 50.1 Å². The minimum Gasteiger partial charge on any atom is -0.482 e. The summed E-state index contributed by atoms with van der Waals surface area (Å²) >= 11 is 5.14. The van der Waals surface area contributed by atoms with Gasteiger partial charge in [-0.25, -0.2) is 0 Å². The van der Waals surface area contributed by atoms with Crippen LogP contribution < -0.4 is 4.74 Å². The molecular weight excluding hydrogens is 434 g/mol. The molecule has 1 aromatic heterocycles. The van der Waals surface area contributed by atoms with Crippen LogP contribution in [0.15, 0.2) is 64.7 Å². The van der Waals surface area contributed by atoms with E-state index in [0.717, 1.165) is 32.5 Å². The fraction of sp³-hybridized carbons (Fsp3) is 0.273. The van der Waals surface area contributed by atoms with Gasteiger partial charge in [0.1, 0.15) is 5.75 Å². The molecule has 1 atom stereocenters. The van der Waals surface area contributed by atoms with Crippen LogP contribution in [0.3, 0.4) is 0 Å². The van der Waals surface area contributed by atoms with Crippen LogP contribution in [0.25, 0.3) is 0 Å². The maximum absolute atomic E-state index is 6.19. The molecule has 0 saturated carbocycles. The van der Waals surface area contributed by atoms with E-state index in [2.05, 4.69) is 87.5 Å². The van der Waals surface area contributed by atoms with Gasteiger partial charge in [0.25, 0.3) is 0 Å². The molecule has 0 N–H and O–H groups in total. The first-order chi connectivity index (χ1) is 13.5. The Morgan fingerprint density at radius 2 is 1.93 bits per heavy atom. The van der Waals surface area contributed by atoms with Gasteiger partial charge in [-0.1, -0.05) is 63.6 Å². The van der Waals surface area contributed by atoms with Gasteiger partial charge in [0, 0.05) is 16.8 Å². The summed E-state index contributed by atoms with van der Waals surface area (Å²) in [6, 6.07) is 14.5. The highest BCUT2D eigenvalue weighted by atomic mass is 79.9. The van der Waals surface area contributed by atoms with Crippen LogP contribution in [0.2, 0.25) is 0 Å². The third-order valence-electron chi connectivity index (χ3n) is 4.34. The molecule has 0 radical (unpaired) electrons. The number of halogens is 1. The van der Waals surface area contributed by atoms with Crippen LogP contribution in [0.5, 0.6) is 5.75 Å². The molecule has 6 heteroatoms. The lowest BCUT2D eigenvalue weighted by Crippen LogP contribution is -2.12. The number of hydrogen-bond donors (Lipinski definition) is 0. The summed E-state index contributed by atoms with van der Waals surface area (Å²) in [5.41, 5.74) is 3.58. The standard InChI is InChI=1S/C22H24BrN3OS/c1-5-12-26-21(17(4)27-20-11-6-15(2)13-16(20)3)24-25-22(26)28-14-18-7-9-19(23)10-8-18/h5-11,13,17H,1,12,14H2,2-4H3. The molecule has 0 fully saturated rings. The highest BCUT2D eigenvalue weighted by Gasteiger charge is 2.19. The monoisotopic (exact) mass is 457 g/mol. The molecule has 0 bridgehead atoms. The second kappa shape index (κ2) is 9.43. The number of hydrogen-bond acceptors (Lipinski definition) is 4. The summed E-state index contributed by atoms with van der Waals surface area (Å²) in [5, 5.41) is 9.69. The SMILES string of the molecule is C=CCn1c(SCc2ccc(Br)cc2)nnc1C(C)Oc1ccc(C)cc1C. The first kappa shape index (κ1) is 20.7. The Kier molecular flexibility index (Phi) is 6.97. The molecule has 4 nitrogen and oxygen atoms in total. The van der Waals surface area contributed by atoms with Crippen LogP contribution in [0.1, 0.15) is 35.5 Å². The minimum atomic E-state index is -0.212. The lowest BCUT2D eigenvalue weighted by molar-refractivity contribution is 0.209. The molecule has 0 aliphatic carbocycles. The average molecular weight is 458 g/mol. The van der Waals surface area contributed by atoms with Crippen LogP contribution in [0, 0.1) is 13.8 Å². The van der Waals surface area contributed by atoms with Crippen molar-refractivity contribution in [1.29, 1.82) is 0 Å². The van der Waals surface area contributed by atoms with E-state index >= 15 is 0 Å². The fourth-order valence-electron chi connectivity index (χ4n) is 2.91. The molecule has 3 rings (SSSR count). The van der Waals surface area contributed by atoms with Gasteiger partial charge in [-0.15, -0.1) is 16.8 Å². The van der Waals surface area contributed by atoms with Crippen molar-refractivity contribution in [2.24, 2.45) is 0 Å². The van der Waals surface area contributed by atoms with E-state index in [-0.39, 0.29) is 6.10 Å². The molecule has 1 unspecified atom stereocenters. The van der Waals surface area contributed by atoms with Gasteiger partial charge in [-0.2, -0.15) is 0 Å². The van der Waals surface area contributed by atoms with Crippen LogP contribution in [0.4, 0.5) is 0 Å². The van der Waals surface area contributed by atoms with E-state index in [1.807, 2.05) is 19.1 Å². The summed E-state index contributed by atoms with van der Waals surface area (Å²) in [4.78, 5) is 0. The lowest BCUT2D eigenvalue weighted by Gasteiger charge is -2.17. The van der Waals surface area contributed by atoms with Crippen LogP contribution >= 0.6 is 27.7 Å². The Labute approximate surface area is 179 Å². The van der Waals surface area contributed by atoms with Crippen molar-refractivity contribution in [2.75, 3.05) is 0 Å². The second-order valence-corrected chi connectivity index (χ2v) is 8.54. The van der Waals surface area contributed by atoms with Gasteiger partial charge in [0.2, 0.25) is 0 Å². The molecule has 0 spiro atoms. The predicted molar refractivity (Wildman–Crippen MR) is 119 cm³/mol. The number of thioether (sulfide) groups is 1. The van der Waals surface area contributed by atoms with E-state index in [1.54, 1.807) is 11.8 Å². The number of aryl methyl sites for hydroxylation is 2. The lowest BCUT2D eigenvalue weighted by atomic mass is 10.1. The normalized spacial score (nSPS) is 12.0. The van der Waals surface area contributed by atoms with Crippen molar-refractivity contribution in [3.05, 3.63) is 82.1 Å². The predicted octanol–water partition coefficient (Wildman–Crippen LogP) is 6.28. The van der Waals surface area contributed by atoms with Gasteiger partial charge in [-0.3, -0.25) is 4.57 Å². The van der Waals surface area contributed by atoms with Crippen molar-refractivity contribution in [3.63, 3.8) is 0 Å². The molecule has 3 aromatic rings. The molecule has 28 heavy (non-hydrogen) atoms. The summed E-state index contributed by atoms with van der Waals surface area (Å²) in [7, 11) is 0. The Balaban J connectivity index is 1.77. The first-order valence-electron chi connectivity index (χ1n) is 9.13. The average Bonchev–Trinajstić information content (AvgIpc) is 3.07. The number of ether oxygens (including phenoxy) is 1. The Morgan fingerprint density at radius 1 is 1.18 bits per heavy atom. The number of aromatic nitrogens is 3. The molecular formula is C22H24BrN3OS. The molecule has 0 aliphatic rings. The zero-order chi connectivity index (χ0) is 20.1. The molecule has 2 aromatic carbocycles. The zero-order valence-electron chi connectivity index (χ0n) is 16.4. The van der Waals surface area contributed by atoms with Crippen molar-refractivity contribution < 1.29 is 4.74 Å². The first-order valence-corrected chi connectivity index (χ1v) is 10.9. The maximum atomic E-state index is 6.19. The van der Waals surface area contributed by atoms with Crippen molar-refractivity contribution >= 4 is 27.7 Å². The third-order valence-corrected chi connectivity index (χ3v) is 5.90. The Hall–Kier alpha value is -2.05. The van der Waals surface area contributed by atoms with Crippen LogP contribution in [-0.2, 0) is 12.3 Å². The largest absolute Gasteiger partial charge is 0.482 e. The minimum absolute atomic E-state index is 0.212. The van der Waals surface area contributed by atoms with E-state index < -0.39 is 0 Å². The van der Waals surface area contributed by atoms with Crippen LogP contribution in [-0.4, -0.2) is 14.8 Å². The number of benzene rings is 2. The Bertz CT molecular complexity index is 953. The summed E-state index contributed by atoms with van der Waals surface area (Å²) in [6.07, 6.45) is 1.65. The summed E-state index contributed by atoms with van der Waals surface area (Å²) < 4.78 is 9.34. The molecule has 0 aliphatic heterocycles. The van der Waals surface area contributed by atoms with Gasteiger partial charge in [0.05, 0.1) is 0 Å². The molecule has 1 heterocycles. The maximum Gasteiger partial charge on any atom is 0.191 e. The quantitative estimate of drug-likeness (QED) is 0.294. The highest BCUT2D eigenvalue weighted by molar-refractivity contribution is 9.10. The fourth-order valence-corrected chi connectivity index (χ4v) is 4.09. The number of nitrogens with zero attached hydrogens (tertiary/aromatic N) is 3. The van der Waals surface area contributed by atoms with E-state index in [0.29, 0.717) is 6.54 Å². The van der Waals surface area contributed by atoms with Crippen molar-refractivity contribution in [2.45, 2.75) is 44.3 Å². The molecule has 0 saturated heterocycles. The summed E-state index contributed by atoms with van der Waals surface area (Å²) in [5.74, 6) is 2.50. The van der Waals surface area contributed by atoms with E-state index in [4.69, 9.17) is 4.74 Å². The molecule has 0 amide bonds. The number of allylic oxidation sites excluding steroid dienone is 1. The zero-order valence-corrected chi connectivity index (χ0v) is 18.8. The number of rotatable bonds is 8. The second-order valence-electron chi connectivity index (χ2n) is 6.68. The topological polar surface area (TPSA) is 39.9 Å². The Morgan fingerprint density at radius 3 is 2.61 bits per heavy atom. The smallest absolute Gasteiger partial charge is 0.191 e. The highest BCUT2D eigenvalue weighted by Crippen LogP contribution is 2.28. The van der Waals surface area contributed by atoms with Gasteiger partial charge < -0.3 is 4.74 Å². The molecule has 146 valence electrons. The van der Waals surface area contributed by atoms with E-state index in [1.165, 1.54) is 11.1 Å². The summed E-state index contributed by atoms with van der Waals surface area (Å²) in [6.45, 7) is 10.7. The van der Waals surface area contributed by atoms with Crippen molar-refractivity contribution in [1.82, 2.24) is 14.8 Å². The van der Waals surface area contributed by atoms with Gasteiger partial charge >= 0.3 is 0 Å². The van der Waals surface area contributed by atoms with Crippen molar-refractivity contribution in [3.8, 4) is 5.75 Å².